The normalized spacial score (nSPS) is 17.3. The van der Waals surface area contributed by atoms with Crippen LogP contribution in [-0.4, -0.2) is 18.1 Å². The lowest BCUT2D eigenvalue weighted by Crippen LogP contribution is -2.43. The van der Waals surface area contributed by atoms with Crippen molar-refractivity contribution >= 4 is 17.5 Å². The van der Waals surface area contributed by atoms with Crippen molar-refractivity contribution < 1.29 is 9.53 Å². The Morgan fingerprint density at radius 2 is 2.14 bits per heavy atom. The molecule has 1 fully saturated rings. The third-order valence-electron chi connectivity index (χ3n) is 3.86. The zero-order valence-electron chi connectivity index (χ0n) is 12.4. The van der Waals surface area contributed by atoms with Crippen molar-refractivity contribution in [1.29, 1.82) is 0 Å². The van der Waals surface area contributed by atoms with Gasteiger partial charge in [0.25, 0.3) is 5.91 Å². The Morgan fingerprint density at radius 1 is 1.43 bits per heavy atom. The third-order valence-corrected chi connectivity index (χ3v) is 4.15. The van der Waals surface area contributed by atoms with Gasteiger partial charge in [-0.05, 0) is 37.5 Å². The van der Waals surface area contributed by atoms with Gasteiger partial charge in [-0.1, -0.05) is 36.9 Å². The number of halogens is 1. The first-order valence-corrected chi connectivity index (χ1v) is 7.93. The van der Waals surface area contributed by atoms with E-state index in [0.717, 1.165) is 18.4 Å². The van der Waals surface area contributed by atoms with Crippen LogP contribution in [0.4, 0.5) is 0 Å². The molecule has 2 rings (SSSR count). The number of ether oxygens (including phenoxy) is 1. The van der Waals surface area contributed by atoms with Gasteiger partial charge in [0.1, 0.15) is 5.75 Å². The van der Waals surface area contributed by atoms with Gasteiger partial charge in [0.15, 0.2) is 6.10 Å². The van der Waals surface area contributed by atoms with E-state index in [1.165, 1.54) is 19.3 Å². The van der Waals surface area contributed by atoms with Crippen molar-refractivity contribution in [3.63, 3.8) is 0 Å². The molecule has 1 unspecified atom stereocenters. The molecule has 0 saturated heterocycles. The molecule has 1 amide bonds. The number of hydrogen-bond acceptors (Lipinski definition) is 3. The van der Waals surface area contributed by atoms with Gasteiger partial charge in [-0.25, -0.2) is 0 Å². The molecule has 4 nitrogen and oxygen atoms in total. The predicted molar refractivity (Wildman–Crippen MR) is 84.4 cm³/mol. The first-order valence-electron chi connectivity index (χ1n) is 7.55. The van der Waals surface area contributed by atoms with Gasteiger partial charge in [0, 0.05) is 12.6 Å². The third kappa shape index (κ3) is 4.61. The predicted octanol–water partition coefficient (Wildman–Crippen LogP) is 3.01. The van der Waals surface area contributed by atoms with E-state index >= 15 is 0 Å². The summed E-state index contributed by atoms with van der Waals surface area (Å²) in [6, 6.07) is 5.66. The fourth-order valence-corrected chi connectivity index (χ4v) is 2.82. The minimum Gasteiger partial charge on any atom is -0.479 e. The molecule has 5 heteroatoms. The van der Waals surface area contributed by atoms with Crippen molar-refractivity contribution in [2.75, 3.05) is 0 Å². The van der Waals surface area contributed by atoms with Gasteiger partial charge in [0.2, 0.25) is 0 Å². The highest BCUT2D eigenvalue weighted by Crippen LogP contribution is 2.26. The Balaban J connectivity index is 1.90. The van der Waals surface area contributed by atoms with Gasteiger partial charge >= 0.3 is 0 Å². The van der Waals surface area contributed by atoms with Crippen LogP contribution in [-0.2, 0) is 11.3 Å². The smallest absolute Gasteiger partial charge is 0.260 e. The molecule has 1 aliphatic carbocycles. The van der Waals surface area contributed by atoms with Crippen LogP contribution in [0.1, 0.15) is 44.6 Å². The van der Waals surface area contributed by atoms with Crippen LogP contribution in [0.3, 0.4) is 0 Å². The van der Waals surface area contributed by atoms with E-state index in [1.807, 2.05) is 6.07 Å². The molecule has 0 aromatic heterocycles. The van der Waals surface area contributed by atoms with E-state index < -0.39 is 6.10 Å². The first-order chi connectivity index (χ1) is 10.1. The average molecular weight is 311 g/mol. The lowest BCUT2D eigenvalue weighted by Gasteiger charge is -2.24. The van der Waals surface area contributed by atoms with Crippen LogP contribution >= 0.6 is 11.6 Å². The fraction of sp³-hybridized carbons (Fsp3) is 0.562. The number of hydrogen-bond donors (Lipinski definition) is 2. The maximum absolute atomic E-state index is 12.2. The summed E-state index contributed by atoms with van der Waals surface area (Å²) in [5, 5.41) is 3.54. The average Bonchev–Trinajstić information content (AvgIpc) is 2.50. The largest absolute Gasteiger partial charge is 0.479 e. The number of amides is 1. The highest BCUT2D eigenvalue weighted by Gasteiger charge is 2.21. The first kappa shape index (κ1) is 16.1. The van der Waals surface area contributed by atoms with E-state index in [1.54, 1.807) is 19.1 Å². The molecule has 1 aromatic rings. The van der Waals surface area contributed by atoms with Crippen LogP contribution in [0.25, 0.3) is 0 Å². The molecule has 21 heavy (non-hydrogen) atoms. The number of rotatable bonds is 5. The van der Waals surface area contributed by atoms with E-state index in [2.05, 4.69) is 5.32 Å². The maximum atomic E-state index is 12.2. The van der Waals surface area contributed by atoms with Crippen molar-refractivity contribution in [1.82, 2.24) is 5.32 Å². The van der Waals surface area contributed by atoms with Gasteiger partial charge in [-0.2, -0.15) is 0 Å². The summed E-state index contributed by atoms with van der Waals surface area (Å²) in [5.41, 5.74) is 6.50. The van der Waals surface area contributed by atoms with Crippen molar-refractivity contribution in [3.8, 4) is 5.75 Å². The molecular formula is C16H23ClN2O2. The second-order valence-corrected chi connectivity index (χ2v) is 5.98. The summed E-state index contributed by atoms with van der Waals surface area (Å²) < 4.78 is 5.66. The van der Waals surface area contributed by atoms with Crippen LogP contribution < -0.4 is 15.8 Å². The Morgan fingerprint density at radius 3 is 2.76 bits per heavy atom. The lowest BCUT2D eigenvalue weighted by atomic mass is 9.95. The molecule has 0 spiro atoms. The number of nitrogens with two attached hydrogens (primary N) is 1. The minimum atomic E-state index is -0.562. The zero-order chi connectivity index (χ0) is 15.2. The topological polar surface area (TPSA) is 64.3 Å². The van der Waals surface area contributed by atoms with Crippen molar-refractivity contribution in [2.24, 2.45) is 5.73 Å². The maximum Gasteiger partial charge on any atom is 0.260 e. The second kappa shape index (κ2) is 7.66. The summed E-state index contributed by atoms with van der Waals surface area (Å²) in [7, 11) is 0. The summed E-state index contributed by atoms with van der Waals surface area (Å²) in [5.74, 6) is 0.432. The molecule has 0 heterocycles. The second-order valence-electron chi connectivity index (χ2n) is 5.57. The Labute approximate surface area is 131 Å². The Bertz CT molecular complexity index is 487. The molecule has 1 aliphatic rings. The van der Waals surface area contributed by atoms with Crippen molar-refractivity contribution in [2.45, 2.75) is 57.7 Å². The zero-order valence-corrected chi connectivity index (χ0v) is 13.2. The summed E-state index contributed by atoms with van der Waals surface area (Å²) in [4.78, 5) is 12.2. The fourth-order valence-electron chi connectivity index (χ4n) is 2.58. The quantitative estimate of drug-likeness (QED) is 0.878. The summed E-state index contributed by atoms with van der Waals surface area (Å²) in [6.07, 6.45) is 5.20. The summed E-state index contributed by atoms with van der Waals surface area (Å²) >= 11 is 6.14. The number of nitrogens with one attached hydrogen (secondary N) is 1. The molecule has 3 N–H and O–H groups in total. The monoisotopic (exact) mass is 310 g/mol. The van der Waals surface area contributed by atoms with E-state index in [9.17, 15) is 4.79 Å². The van der Waals surface area contributed by atoms with Crippen molar-refractivity contribution in [3.05, 3.63) is 28.8 Å². The molecule has 1 atom stereocenters. The molecule has 1 aromatic carbocycles. The molecule has 0 bridgehead atoms. The molecule has 0 aliphatic heterocycles. The number of benzene rings is 1. The van der Waals surface area contributed by atoms with E-state index in [0.29, 0.717) is 17.3 Å². The van der Waals surface area contributed by atoms with Gasteiger partial charge < -0.3 is 15.8 Å². The van der Waals surface area contributed by atoms with Crippen LogP contribution in [0.15, 0.2) is 18.2 Å². The number of carbonyl (C=O) groups excluding carboxylic acids is 1. The highest BCUT2D eigenvalue weighted by atomic mass is 35.5. The van der Waals surface area contributed by atoms with Gasteiger partial charge in [0.05, 0.1) is 5.02 Å². The number of carbonyl (C=O) groups is 1. The molecule has 0 radical (unpaired) electrons. The molecule has 116 valence electrons. The van der Waals surface area contributed by atoms with Gasteiger partial charge in [-0.3, -0.25) is 4.79 Å². The Hall–Kier alpha value is -1.26. The Kier molecular flexibility index (Phi) is 5.88. The minimum absolute atomic E-state index is 0.0825. The van der Waals surface area contributed by atoms with Crippen LogP contribution in [0.5, 0.6) is 5.75 Å². The summed E-state index contributed by atoms with van der Waals surface area (Å²) in [6.45, 7) is 2.17. The van der Waals surface area contributed by atoms with Crippen LogP contribution in [0.2, 0.25) is 5.02 Å². The molecular weight excluding hydrogens is 288 g/mol. The van der Waals surface area contributed by atoms with E-state index in [4.69, 9.17) is 22.1 Å². The SMILES string of the molecule is CC(Oc1ccc(CN)cc1Cl)C(=O)NC1CCCCC1. The van der Waals surface area contributed by atoms with Gasteiger partial charge in [-0.15, -0.1) is 0 Å². The van der Waals surface area contributed by atoms with Crippen LogP contribution in [0, 0.1) is 0 Å². The highest BCUT2D eigenvalue weighted by molar-refractivity contribution is 6.32. The standard InChI is InChI=1S/C16H23ClN2O2/c1-11(16(20)19-13-5-3-2-4-6-13)21-15-8-7-12(10-18)9-14(15)17/h7-9,11,13H,2-6,10,18H2,1H3,(H,19,20). The lowest BCUT2D eigenvalue weighted by molar-refractivity contribution is -0.128. The van der Waals surface area contributed by atoms with E-state index in [-0.39, 0.29) is 11.9 Å². The molecule has 1 saturated carbocycles.